The molecule has 0 aliphatic carbocycles. The molecule has 5 nitrogen and oxygen atoms in total. The highest BCUT2D eigenvalue weighted by Crippen LogP contribution is 2.29. The lowest BCUT2D eigenvalue weighted by Crippen LogP contribution is -2.59. The minimum Gasteiger partial charge on any atom is -0.478 e. The predicted molar refractivity (Wildman–Crippen MR) is 65.4 cm³/mol. The van der Waals surface area contributed by atoms with Gasteiger partial charge in [-0.2, -0.15) is 13.2 Å². The molecule has 0 aliphatic heterocycles. The maximum Gasteiger partial charge on any atom is 0.415 e. The van der Waals surface area contributed by atoms with E-state index in [0.717, 1.165) is 0 Å². The summed E-state index contributed by atoms with van der Waals surface area (Å²) in [5, 5.41) is 10.8. The van der Waals surface area contributed by atoms with Gasteiger partial charge in [0.05, 0.1) is 5.56 Å². The summed E-state index contributed by atoms with van der Waals surface area (Å²) in [6.45, 7) is 2.02. The van der Waals surface area contributed by atoms with Crippen molar-refractivity contribution in [2.75, 3.05) is 5.32 Å². The third kappa shape index (κ3) is 3.08. The van der Waals surface area contributed by atoms with Crippen LogP contribution in [0.15, 0.2) is 18.2 Å². The summed E-state index contributed by atoms with van der Waals surface area (Å²) in [6.07, 6.45) is -4.90. The molecule has 4 N–H and O–H groups in total. The number of amides is 1. The van der Waals surface area contributed by atoms with Crippen LogP contribution in [-0.4, -0.2) is 28.7 Å². The van der Waals surface area contributed by atoms with Crippen LogP contribution >= 0.6 is 0 Å². The van der Waals surface area contributed by atoms with Gasteiger partial charge in [0.15, 0.2) is 5.54 Å². The van der Waals surface area contributed by atoms with Gasteiger partial charge in [-0.15, -0.1) is 0 Å². The van der Waals surface area contributed by atoms with Crippen molar-refractivity contribution in [3.63, 3.8) is 0 Å². The van der Waals surface area contributed by atoms with E-state index >= 15 is 0 Å². The van der Waals surface area contributed by atoms with Gasteiger partial charge in [-0.05, 0) is 37.6 Å². The first-order valence-electron chi connectivity index (χ1n) is 5.48. The van der Waals surface area contributed by atoms with Gasteiger partial charge in [0.1, 0.15) is 0 Å². The van der Waals surface area contributed by atoms with E-state index in [1.807, 2.05) is 5.32 Å². The van der Waals surface area contributed by atoms with E-state index in [4.69, 9.17) is 10.8 Å². The van der Waals surface area contributed by atoms with Gasteiger partial charge in [-0.1, -0.05) is 0 Å². The molecular weight excluding hydrogens is 277 g/mol. The molecule has 20 heavy (non-hydrogen) atoms. The summed E-state index contributed by atoms with van der Waals surface area (Å²) in [5.41, 5.74) is 2.28. The summed E-state index contributed by atoms with van der Waals surface area (Å²) in [6, 6.07) is 3.64. The van der Waals surface area contributed by atoms with Crippen LogP contribution in [0.3, 0.4) is 0 Å². The van der Waals surface area contributed by atoms with E-state index in [2.05, 4.69) is 0 Å². The van der Waals surface area contributed by atoms with Gasteiger partial charge < -0.3 is 16.2 Å². The summed E-state index contributed by atoms with van der Waals surface area (Å²) in [4.78, 5) is 22.3. The highest BCUT2D eigenvalue weighted by molar-refractivity contribution is 5.99. The highest BCUT2D eigenvalue weighted by Gasteiger charge is 2.53. The number of nitrogens with two attached hydrogens (primary N) is 1. The third-order valence-corrected chi connectivity index (χ3v) is 2.78. The van der Waals surface area contributed by atoms with Crippen LogP contribution in [0.25, 0.3) is 0 Å². The molecule has 8 heteroatoms. The second-order valence-corrected chi connectivity index (χ2v) is 4.49. The zero-order chi connectivity index (χ0) is 15.7. The molecule has 0 saturated carbocycles. The van der Waals surface area contributed by atoms with Gasteiger partial charge in [-0.25, -0.2) is 4.79 Å². The first-order valence-corrected chi connectivity index (χ1v) is 5.48. The topological polar surface area (TPSA) is 92.4 Å². The minimum absolute atomic E-state index is 0.00525. The molecule has 1 aromatic rings. The smallest absolute Gasteiger partial charge is 0.415 e. The van der Waals surface area contributed by atoms with Crippen LogP contribution in [0.5, 0.6) is 0 Å². The Bertz CT molecular complexity index is 553. The van der Waals surface area contributed by atoms with E-state index in [1.54, 1.807) is 0 Å². The average Bonchev–Trinajstić information content (AvgIpc) is 2.26. The molecule has 0 aromatic heterocycles. The van der Waals surface area contributed by atoms with Gasteiger partial charge in [0.2, 0.25) is 0 Å². The van der Waals surface area contributed by atoms with Crippen molar-refractivity contribution in [3.8, 4) is 0 Å². The number of anilines is 1. The monoisotopic (exact) mass is 290 g/mol. The first kappa shape index (κ1) is 16.0. The SMILES string of the molecule is Cc1cc(NC(=O)C(C)(N)C(F)(F)F)ccc1C(=O)O. The molecule has 0 fully saturated rings. The number of benzene rings is 1. The molecule has 110 valence electrons. The molecule has 0 heterocycles. The molecule has 1 rings (SSSR count). The van der Waals surface area contributed by atoms with Crippen molar-refractivity contribution in [2.24, 2.45) is 5.73 Å². The normalized spacial score (nSPS) is 14.5. The maximum atomic E-state index is 12.6. The number of carbonyl (C=O) groups excluding carboxylic acids is 1. The lowest BCUT2D eigenvalue weighted by atomic mass is 10.0. The summed E-state index contributed by atoms with van der Waals surface area (Å²) < 4.78 is 37.7. The second-order valence-electron chi connectivity index (χ2n) is 4.49. The molecule has 0 saturated heterocycles. The number of carbonyl (C=O) groups is 2. The van der Waals surface area contributed by atoms with Crippen LogP contribution < -0.4 is 11.1 Å². The molecule has 0 radical (unpaired) electrons. The lowest BCUT2D eigenvalue weighted by Gasteiger charge is -2.26. The largest absolute Gasteiger partial charge is 0.478 e. The van der Waals surface area contributed by atoms with Gasteiger partial charge in [0.25, 0.3) is 5.91 Å². The van der Waals surface area contributed by atoms with Crippen LogP contribution in [0, 0.1) is 6.92 Å². The van der Waals surface area contributed by atoms with Gasteiger partial charge in [-0.3, -0.25) is 4.79 Å². The first-order chi connectivity index (χ1) is 8.96. The predicted octanol–water partition coefficient (Wildman–Crippen LogP) is 1.91. The Kier molecular flexibility index (Phi) is 4.09. The van der Waals surface area contributed by atoms with Crippen LogP contribution in [0.4, 0.5) is 18.9 Å². The molecule has 1 aromatic carbocycles. The van der Waals surface area contributed by atoms with E-state index in [-0.39, 0.29) is 11.3 Å². The number of carboxylic acids is 1. The van der Waals surface area contributed by atoms with Crippen molar-refractivity contribution >= 4 is 17.6 Å². The Morgan fingerprint density at radius 2 is 1.85 bits per heavy atom. The molecule has 1 amide bonds. The quantitative estimate of drug-likeness (QED) is 0.793. The Morgan fingerprint density at radius 1 is 1.30 bits per heavy atom. The van der Waals surface area contributed by atoms with Crippen molar-refractivity contribution in [1.82, 2.24) is 0 Å². The number of nitrogens with one attached hydrogen (secondary N) is 1. The number of aromatic carboxylic acids is 1. The number of rotatable bonds is 3. The molecule has 1 unspecified atom stereocenters. The fraction of sp³-hybridized carbons (Fsp3) is 0.333. The van der Waals surface area contributed by atoms with Crippen molar-refractivity contribution < 1.29 is 27.9 Å². The zero-order valence-corrected chi connectivity index (χ0v) is 10.7. The second kappa shape index (κ2) is 5.12. The third-order valence-electron chi connectivity index (χ3n) is 2.78. The standard InChI is InChI=1S/C12H13F3N2O3/c1-6-5-7(3-4-8(6)9(18)19)17-10(20)11(2,16)12(13,14)15/h3-5H,16H2,1-2H3,(H,17,20)(H,18,19). The number of halogens is 3. The Morgan fingerprint density at radius 3 is 2.25 bits per heavy atom. The van der Waals surface area contributed by atoms with Crippen molar-refractivity contribution in [2.45, 2.75) is 25.6 Å². The fourth-order valence-electron chi connectivity index (χ4n) is 1.37. The molecule has 0 spiro atoms. The zero-order valence-electron chi connectivity index (χ0n) is 10.7. The van der Waals surface area contributed by atoms with Crippen LogP contribution in [0.1, 0.15) is 22.8 Å². The highest BCUT2D eigenvalue weighted by atomic mass is 19.4. The Balaban J connectivity index is 2.98. The molecule has 0 aliphatic rings. The lowest BCUT2D eigenvalue weighted by molar-refractivity contribution is -0.184. The van der Waals surface area contributed by atoms with E-state index in [9.17, 15) is 22.8 Å². The minimum atomic E-state index is -4.90. The Labute approximate surface area is 112 Å². The van der Waals surface area contributed by atoms with Gasteiger partial charge in [0, 0.05) is 5.69 Å². The number of hydrogen-bond acceptors (Lipinski definition) is 3. The molecule has 0 bridgehead atoms. The van der Waals surface area contributed by atoms with Crippen LogP contribution in [-0.2, 0) is 4.79 Å². The van der Waals surface area contributed by atoms with Crippen molar-refractivity contribution in [1.29, 1.82) is 0 Å². The fourth-order valence-corrected chi connectivity index (χ4v) is 1.37. The molecule has 1 atom stereocenters. The summed E-state index contributed by atoms with van der Waals surface area (Å²) in [7, 11) is 0. The summed E-state index contributed by atoms with van der Waals surface area (Å²) >= 11 is 0. The maximum absolute atomic E-state index is 12.6. The van der Waals surface area contributed by atoms with E-state index < -0.39 is 23.6 Å². The Hall–Kier alpha value is -2.09. The van der Waals surface area contributed by atoms with Gasteiger partial charge >= 0.3 is 12.1 Å². The number of hydrogen-bond donors (Lipinski definition) is 3. The molecular formula is C12H13F3N2O3. The van der Waals surface area contributed by atoms with Crippen molar-refractivity contribution in [3.05, 3.63) is 29.3 Å². The number of alkyl halides is 3. The number of aryl methyl sites for hydroxylation is 1. The van der Waals surface area contributed by atoms with E-state index in [0.29, 0.717) is 12.5 Å². The van der Waals surface area contributed by atoms with Crippen LogP contribution in [0.2, 0.25) is 0 Å². The average molecular weight is 290 g/mol. The van der Waals surface area contributed by atoms with E-state index in [1.165, 1.54) is 25.1 Å². The summed E-state index contributed by atoms with van der Waals surface area (Å²) in [5.74, 6) is -2.59. The number of carboxylic acid groups (broad SMARTS) is 1.